The van der Waals surface area contributed by atoms with Crippen molar-refractivity contribution in [3.8, 4) is 0 Å². The minimum Gasteiger partial charge on any atom is -0.383 e. The summed E-state index contributed by atoms with van der Waals surface area (Å²) in [5.41, 5.74) is -0.235. The molecule has 0 aliphatic carbocycles. The molecule has 1 aromatic carbocycles. The van der Waals surface area contributed by atoms with Gasteiger partial charge in [-0.2, -0.15) is 13.2 Å². The topological polar surface area (TPSA) is 54.0 Å². The van der Waals surface area contributed by atoms with E-state index in [1.807, 2.05) is 20.8 Å². The number of rotatable bonds is 4. The second kappa shape index (κ2) is 6.67. The summed E-state index contributed by atoms with van der Waals surface area (Å²) in [6, 6.07) is 5.17. The fourth-order valence-electron chi connectivity index (χ4n) is 2.12. The van der Waals surface area contributed by atoms with Crippen LogP contribution in [0.1, 0.15) is 26.3 Å². The lowest BCUT2D eigenvalue weighted by Crippen LogP contribution is -2.37. The monoisotopic (exact) mass is 339 g/mol. The van der Waals surface area contributed by atoms with Crippen LogP contribution in [0.25, 0.3) is 10.9 Å². The van der Waals surface area contributed by atoms with Gasteiger partial charge in [0.05, 0.1) is 11.1 Å². The molecule has 2 N–H and O–H groups in total. The highest BCUT2D eigenvalue weighted by Crippen LogP contribution is 2.32. The van der Waals surface area contributed by atoms with Gasteiger partial charge >= 0.3 is 6.18 Å². The zero-order chi connectivity index (χ0) is 18.0. The third kappa shape index (κ3) is 4.37. The lowest BCUT2D eigenvalue weighted by atomic mass is 9.96. The molecule has 130 valence electrons. The number of carbonyl (C=O) groups excluding carboxylic acids is 1. The fourth-order valence-corrected chi connectivity index (χ4v) is 2.12. The van der Waals surface area contributed by atoms with Crippen molar-refractivity contribution in [3.05, 3.63) is 36.0 Å². The van der Waals surface area contributed by atoms with E-state index in [1.54, 1.807) is 6.07 Å². The Morgan fingerprint density at radius 2 is 1.83 bits per heavy atom. The Kier molecular flexibility index (Phi) is 5.01. The Morgan fingerprint density at radius 3 is 2.46 bits per heavy atom. The first kappa shape index (κ1) is 18.0. The number of hydrogen-bond donors (Lipinski definition) is 2. The summed E-state index contributed by atoms with van der Waals surface area (Å²) >= 11 is 0. The van der Waals surface area contributed by atoms with Gasteiger partial charge in [-0.1, -0.05) is 26.8 Å². The van der Waals surface area contributed by atoms with Crippen LogP contribution in [0, 0.1) is 5.41 Å². The molecule has 0 saturated heterocycles. The average Bonchev–Trinajstić information content (AvgIpc) is 2.49. The van der Waals surface area contributed by atoms with Gasteiger partial charge in [0.25, 0.3) is 0 Å². The number of aromatic nitrogens is 1. The van der Waals surface area contributed by atoms with Gasteiger partial charge in [0.15, 0.2) is 0 Å². The summed E-state index contributed by atoms with van der Waals surface area (Å²) in [6.45, 7) is 6.35. The van der Waals surface area contributed by atoms with Crippen LogP contribution in [0.2, 0.25) is 0 Å². The maximum Gasteiger partial charge on any atom is 0.416 e. The maximum absolute atomic E-state index is 12.8. The first-order chi connectivity index (χ1) is 11.1. The third-order valence-electron chi connectivity index (χ3n) is 3.48. The normalized spacial score (nSPS) is 12.2. The molecule has 4 nitrogen and oxygen atoms in total. The van der Waals surface area contributed by atoms with Gasteiger partial charge in [-0.05, 0) is 18.2 Å². The highest BCUT2D eigenvalue weighted by molar-refractivity contribution is 5.91. The zero-order valence-corrected chi connectivity index (χ0v) is 13.8. The average molecular weight is 339 g/mol. The number of nitrogens with zero attached hydrogens (tertiary/aromatic N) is 1. The molecule has 0 radical (unpaired) electrons. The van der Waals surface area contributed by atoms with Gasteiger partial charge in [-0.15, -0.1) is 0 Å². The molecule has 0 aliphatic heterocycles. The molecule has 1 aromatic heterocycles. The van der Waals surface area contributed by atoms with Crippen LogP contribution in [0.5, 0.6) is 0 Å². The number of carbonyl (C=O) groups is 1. The fraction of sp³-hybridized carbons (Fsp3) is 0.412. The molecule has 2 aromatic rings. The number of anilines is 1. The molecule has 2 rings (SSSR count). The minimum absolute atomic E-state index is 0.0568. The Morgan fingerprint density at radius 1 is 1.12 bits per heavy atom. The molecule has 0 bridgehead atoms. The van der Waals surface area contributed by atoms with E-state index in [0.717, 1.165) is 12.1 Å². The second-order valence-corrected chi connectivity index (χ2v) is 6.52. The lowest BCUT2D eigenvalue weighted by molar-refractivity contribution is -0.137. The molecule has 1 amide bonds. The Hall–Kier alpha value is -2.31. The largest absolute Gasteiger partial charge is 0.416 e. The molecule has 0 spiro atoms. The van der Waals surface area contributed by atoms with Crippen molar-refractivity contribution in [1.82, 2.24) is 10.3 Å². The van der Waals surface area contributed by atoms with Crippen LogP contribution < -0.4 is 10.6 Å². The van der Waals surface area contributed by atoms with E-state index in [4.69, 9.17) is 0 Å². The van der Waals surface area contributed by atoms with Crippen molar-refractivity contribution >= 4 is 22.5 Å². The van der Waals surface area contributed by atoms with Crippen LogP contribution in [-0.4, -0.2) is 24.0 Å². The van der Waals surface area contributed by atoms with Crippen molar-refractivity contribution < 1.29 is 18.0 Å². The van der Waals surface area contributed by atoms with Crippen molar-refractivity contribution in [1.29, 1.82) is 0 Å². The molecule has 0 saturated carbocycles. The number of pyridine rings is 1. The molecule has 0 unspecified atom stereocenters. The van der Waals surface area contributed by atoms with Crippen LogP contribution >= 0.6 is 0 Å². The standard InChI is InChI=1S/C17H20F3N3O/c1-16(2,3)15(24)23-9-8-22-13-6-7-21-14-10-11(17(18,19)20)4-5-12(13)14/h4-7,10H,8-9H2,1-3H3,(H,21,22)(H,23,24). The van der Waals surface area contributed by atoms with E-state index < -0.39 is 17.2 Å². The number of alkyl halides is 3. The minimum atomic E-state index is -4.39. The third-order valence-corrected chi connectivity index (χ3v) is 3.48. The maximum atomic E-state index is 12.8. The first-order valence-corrected chi connectivity index (χ1v) is 7.57. The van der Waals surface area contributed by atoms with E-state index in [1.165, 1.54) is 12.3 Å². The highest BCUT2D eigenvalue weighted by atomic mass is 19.4. The van der Waals surface area contributed by atoms with Crippen molar-refractivity contribution in [2.24, 2.45) is 5.41 Å². The predicted octanol–water partition coefficient (Wildman–Crippen LogP) is 3.83. The molecular formula is C17H20F3N3O. The number of nitrogens with one attached hydrogen (secondary N) is 2. The predicted molar refractivity (Wildman–Crippen MR) is 87.7 cm³/mol. The summed E-state index contributed by atoms with van der Waals surface area (Å²) in [4.78, 5) is 15.8. The van der Waals surface area contributed by atoms with Crippen molar-refractivity contribution in [2.75, 3.05) is 18.4 Å². The van der Waals surface area contributed by atoms with Gasteiger partial charge in [0.1, 0.15) is 0 Å². The summed E-state index contributed by atoms with van der Waals surface area (Å²) < 4.78 is 38.3. The molecule has 0 aliphatic rings. The molecule has 0 atom stereocenters. The molecule has 1 heterocycles. The summed E-state index contributed by atoms with van der Waals surface area (Å²) in [5.74, 6) is -0.0568. The number of fused-ring (bicyclic) bond motifs is 1. The Balaban J connectivity index is 2.06. The van der Waals surface area contributed by atoms with Gasteiger partial charge in [0, 0.05) is 35.8 Å². The van der Waals surface area contributed by atoms with Crippen LogP contribution in [0.3, 0.4) is 0 Å². The van der Waals surface area contributed by atoms with E-state index >= 15 is 0 Å². The van der Waals surface area contributed by atoms with E-state index in [9.17, 15) is 18.0 Å². The van der Waals surface area contributed by atoms with Crippen molar-refractivity contribution in [3.63, 3.8) is 0 Å². The van der Waals surface area contributed by atoms with Crippen LogP contribution in [0.4, 0.5) is 18.9 Å². The van der Waals surface area contributed by atoms with E-state index in [0.29, 0.717) is 24.2 Å². The summed E-state index contributed by atoms with van der Waals surface area (Å²) in [5, 5.41) is 6.53. The van der Waals surface area contributed by atoms with Gasteiger partial charge in [-0.3, -0.25) is 9.78 Å². The number of halogens is 3. The summed E-state index contributed by atoms with van der Waals surface area (Å²) in [6.07, 6.45) is -2.94. The zero-order valence-electron chi connectivity index (χ0n) is 13.8. The molecule has 24 heavy (non-hydrogen) atoms. The van der Waals surface area contributed by atoms with Crippen LogP contribution in [-0.2, 0) is 11.0 Å². The van der Waals surface area contributed by atoms with Gasteiger partial charge < -0.3 is 10.6 Å². The van der Waals surface area contributed by atoms with Crippen molar-refractivity contribution in [2.45, 2.75) is 26.9 Å². The Labute approximate surface area is 138 Å². The smallest absolute Gasteiger partial charge is 0.383 e. The molecule has 0 fully saturated rings. The van der Waals surface area contributed by atoms with E-state index in [2.05, 4.69) is 15.6 Å². The SMILES string of the molecule is CC(C)(C)C(=O)NCCNc1ccnc2cc(C(F)(F)F)ccc12. The first-order valence-electron chi connectivity index (χ1n) is 7.57. The molecular weight excluding hydrogens is 319 g/mol. The second-order valence-electron chi connectivity index (χ2n) is 6.52. The quantitative estimate of drug-likeness (QED) is 0.833. The molecule has 7 heteroatoms. The number of amides is 1. The van der Waals surface area contributed by atoms with Gasteiger partial charge in [0.2, 0.25) is 5.91 Å². The van der Waals surface area contributed by atoms with Crippen LogP contribution in [0.15, 0.2) is 30.5 Å². The Bertz CT molecular complexity index is 736. The summed E-state index contributed by atoms with van der Waals surface area (Å²) in [7, 11) is 0. The number of benzene rings is 1. The van der Waals surface area contributed by atoms with Gasteiger partial charge in [-0.25, -0.2) is 0 Å². The van der Waals surface area contributed by atoms with E-state index in [-0.39, 0.29) is 11.4 Å². The number of hydrogen-bond acceptors (Lipinski definition) is 3. The highest BCUT2D eigenvalue weighted by Gasteiger charge is 2.30. The lowest BCUT2D eigenvalue weighted by Gasteiger charge is -2.18.